The SMILES string of the molecule is NC(=O)N1CCC(CC(=O)N2CCN([C@@H]3c4ccc(Cl)cc4CCc4cccnc43)[C@H](C(=O)Nc3cccc(Cn4ccnc4)c3)C2)CC1. The van der Waals surface area contributed by atoms with E-state index >= 15 is 0 Å². The number of halogens is 1. The Morgan fingerprint density at radius 1 is 0.918 bits per heavy atom. The summed E-state index contributed by atoms with van der Waals surface area (Å²) in [6.07, 6.45) is 10.7. The first kappa shape index (κ1) is 32.8. The number of amides is 4. The molecule has 11 nitrogen and oxygen atoms in total. The number of pyridine rings is 1. The number of hydrogen-bond acceptors (Lipinski definition) is 6. The maximum atomic E-state index is 14.5. The van der Waals surface area contributed by atoms with Gasteiger partial charge in [-0.15, -0.1) is 0 Å². The smallest absolute Gasteiger partial charge is 0.314 e. The van der Waals surface area contributed by atoms with Crippen molar-refractivity contribution in [1.82, 2.24) is 29.2 Å². The second-order valence-corrected chi connectivity index (χ2v) is 13.7. The first-order valence-electron chi connectivity index (χ1n) is 17.0. The van der Waals surface area contributed by atoms with Crippen LogP contribution in [0.3, 0.4) is 0 Å². The molecule has 12 heteroatoms. The third-order valence-corrected chi connectivity index (χ3v) is 10.4. The zero-order valence-corrected chi connectivity index (χ0v) is 28.1. The van der Waals surface area contributed by atoms with Crippen LogP contribution >= 0.6 is 11.6 Å². The Bertz CT molecular complexity index is 1820. The summed E-state index contributed by atoms with van der Waals surface area (Å²) in [5, 5.41) is 3.87. The van der Waals surface area contributed by atoms with Crippen molar-refractivity contribution in [2.75, 3.05) is 38.0 Å². The Morgan fingerprint density at radius 3 is 2.55 bits per heavy atom. The normalized spacial score (nSPS) is 19.9. The zero-order chi connectivity index (χ0) is 33.9. The van der Waals surface area contributed by atoms with Crippen LogP contribution in [0.25, 0.3) is 0 Å². The van der Waals surface area contributed by atoms with E-state index in [2.05, 4.69) is 27.3 Å². The first-order valence-corrected chi connectivity index (χ1v) is 17.4. The monoisotopic (exact) mass is 680 g/mol. The van der Waals surface area contributed by atoms with Gasteiger partial charge in [-0.2, -0.15) is 0 Å². The number of benzene rings is 2. The molecular formula is C37H41ClN8O3. The number of nitrogens with two attached hydrogens (primary N) is 1. The average Bonchev–Trinajstić information content (AvgIpc) is 3.56. The Hall–Kier alpha value is -4.74. The number of anilines is 1. The van der Waals surface area contributed by atoms with Gasteiger partial charge < -0.3 is 25.4 Å². The number of aromatic nitrogens is 3. The molecule has 0 saturated carbocycles. The molecule has 3 N–H and O–H groups in total. The van der Waals surface area contributed by atoms with E-state index in [4.69, 9.17) is 22.3 Å². The van der Waals surface area contributed by atoms with E-state index in [1.165, 1.54) is 0 Å². The number of aryl methyl sites for hydroxylation is 2. The average molecular weight is 681 g/mol. The highest BCUT2D eigenvalue weighted by molar-refractivity contribution is 6.30. The zero-order valence-electron chi connectivity index (χ0n) is 27.4. The molecule has 2 aliphatic heterocycles. The summed E-state index contributed by atoms with van der Waals surface area (Å²) in [5.74, 6) is 0.0226. The van der Waals surface area contributed by atoms with Gasteiger partial charge in [0.1, 0.15) is 6.04 Å². The molecule has 1 aliphatic carbocycles. The number of nitrogens with one attached hydrogen (secondary N) is 1. The van der Waals surface area contributed by atoms with Crippen molar-refractivity contribution in [1.29, 1.82) is 0 Å². The standard InChI is InChI=1S/C37H41ClN8O3/c38-29-8-9-31-28(21-29)7-6-27-4-2-12-41-34(27)35(31)46-18-17-45(33(47)20-25-10-14-44(15-11-25)37(39)49)23-32(46)36(48)42-30-5-1-3-26(19-30)22-43-16-13-40-24-43/h1-5,8-9,12-13,16,19,21,24-25,32,35H,6-7,10-11,14-15,17-18,20,22-23H2,(H2,39,49)(H,42,48)/t32-,35+/m0/s1. The Morgan fingerprint density at radius 2 is 1.76 bits per heavy atom. The van der Waals surface area contributed by atoms with E-state index in [1.54, 1.807) is 17.4 Å². The summed E-state index contributed by atoms with van der Waals surface area (Å²) in [6, 6.07) is 16.6. The molecule has 2 aromatic heterocycles. The predicted octanol–water partition coefficient (Wildman–Crippen LogP) is 4.50. The fourth-order valence-electron chi connectivity index (χ4n) is 7.58. The predicted molar refractivity (Wildman–Crippen MR) is 187 cm³/mol. The number of carbonyl (C=O) groups excluding carboxylic acids is 3. The van der Waals surface area contributed by atoms with Crippen molar-refractivity contribution in [3.05, 3.63) is 112 Å². The highest BCUT2D eigenvalue weighted by atomic mass is 35.5. The van der Waals surface area contributed by atoms with Crippen molar-refractivity contribution >= 4 is 35.1 Å². The van der Waals surface area contributed by atoms with Gasteiger partial charge in [0.2, 0.25) is 11.8 Å². The highest BCUT2D eigenvalue weighted by Gasteiger charge is 2.42. The molecule has 49 heavy (non-hydrogen) atoms. The van der Waals surface area contributed by atoms with Gasteiger partial charge in [-0.05, 0) is 84.2 Å². The first-order chi connectivity index (χ1) is 23.8. The van der Waals surface area contributed by atoms with Crippen LogP contribution in [0.2, 0.25) is 5.02 Å². The number of carbonyl (C=O) groups is 3. The minimum absolute atomic E-state index is 0.0314. The number of hydrogen-bond donors (Lipinski definition) is 2. The number of urea groups is 1. The summed E-state index contributed by atoms with van der Waals surface area (Å²) in [7, 11) is 0. The number of rotatable bonds is 7. The summed E-state index contributed by atoms with van der Waals surface area (Å²) in [5.41, 5.74) is 11.5. The van der Waals surface area contributed by atoms with Crippen LogP contribution in [-0.2, 0) is 29.0 Å². The summed E-state index contributed by atoms with van der Waals surface area (Å²) < 4.78 is 1.98. The number of fused-ring (bicyclic) bond motifs is 2. The van der Waals surface area contributed by atoms with Crippen LogP contribution in [0, 0.1) is 5.92 Å². The van der Waals surface area contributed by atoms with Crippen LogP contribution < -0.4 is 11.1 Å². The molecule has 0 bridgehead atoms. The lowest BCUT2D eigenvalue weighted by atomic mass is 9.92. The molecule has 4 aromatic rings. The lowest BCUT2D eigenvalue weighted by Crippen LogP contribution is -2.60. The maximum absolute atomic E-state index is 14.5. The minimum atomic E-state index is -0.645. The molecule has 4 heterocycles. The molecule has 7 rings (SSSR count). The number of likely N-dealkylation sites (tertiary alicyclic amines) is 1. The van der Waals surface area contributed by atoms with Crippen molar-refractivity contribution in [3.63, 3.8) is 0 Å². The second-order valence-electron chi connectivity index (χ2n) is 13.3. The van der Waals surface area contributed by atoms with Gasteiger partial charge in [0.25, 0.3) is 0 Å². The minimum Gasteiger partial charge on any atom is -0.351 e. The number of piperidine rings is 1. The van der Waals surface area contributed by atoms with Gasteiger partial charge in [-0.1, -0.05) is 35.9 Å². The van der Waals surface area contributed by atoms with E-state index in [9.17, 15) is 14.4 Å². The molecule has 2 fully saturated rings. The number of nitrogens with zero attached hydrogens (tertiary/aromatic N) is 6. The molecular weight excluding hydrogens is 640 g/mol. The summed E-state index contributed by atoms with van der Waals surface area (Å²) >= 11 is 6.49. The quantitative estimate of drug-likeness (QED) is 0.296. The molecule has 2 aromatic carbocycles. The third kappa shape index (κ3) is 7.33. The van der Waals surface area contributed by atoms with Crippen LogP contribution in [0.1, 0.15) is 53.3 Å². The molecule has 2 saturated heterocycles. The summed E-state index contributed by atoms with van der Waals surface area (Å²) in [6.45, 7) is 2.98. The van der Waals surface area contributed by atoms with Crippen LogP contribution in [0.15, 0.2) is 79.5 Å². The van der Waals surface area contributed by atoms with Crippen LogP contribution in [-0.4, -0.2) is 85.8 Å². The van der Waals surface area contributed by atoms with E-state index in [0.29, 0.717) is 49.9 Å². The number of primary amides is 1. The van der Waals surface area contributed by atoms with Crippen LogP contribution in [0.4, 0.5) is 10.5 Å². The van der Waals surface area contributed by atoms with Gasteiger partial charge >= 0.3 is 6.03 Å². The highest BCUT2D eigenvalue weighted by Crippen LogP contribution is 2.39. The number of imidazole rings is 1. The topological polar surface area (TPSA) is 130 Å². The van der Waals surface area contributed by atoms with Gasteiger partial charge in [-0.3, -0.25) is 19.5 Å². The Balaban J connectivity index is 1.18. The molecule has 0 radical (unpaired) electrons. The fraction of sp³-hybridized carbons (Fsp3) is 0.378. The number of piperazine rings is 1. The second kappa shape index (κ2) is 14.4. The van der Waals surface area contributed by atoms with Crippen molar-refractivity contribution in [3.8, 4) is 0 Å². The molecule has 2 atom stereocenters. The molecule has 254 valence electrons. The van der Waals surface area contributed by atoms with Gasteiger partial charge in [0.05, 0.1) is 18.1 Å². The maximum Gasteiger partial charge on any atom is 0.314 e. The van der Waals surface area contributed by atoms with Crippen molar-refractivity contribution in [2.24, 2.45) is 11.7 Å². The molecule has 4 amide bonds. The van der Waals surface area contributed by atoms with E-state index < -0.39 is 12.1 Å². The van der Waals surface area contributed by atoms with Gasteiger partial charge in [-0.25, -0.2) is 9.78 Å². The lowest BCUT2D eigenvalue weighted by molar-refractivity contribution is -0.138. The molecule has 0 spiro atoms. The van der Waals surface area contributed by atoms with E-state index in [1.807, 2.05) is 64.3 Å². The molecule has 0 unspecified atom stereocenters. The van der Waals surface area contributed by atoms with E-state index in [0.717, 1.165) is 53.6 Å². The van der Waals surface area contributed by atoms with Crippen molar-refractivity contribution in [2.45, 2.75) is 50.7 Å². The van der Waals surface area contributed by atoms with Crippen LogP contribution in [0.5, 0.6) is 0 Å². The molecule has 3 aliphatic rings. The lowest BCUT2D eigenvalue weighted by Gasteiger charge is -2.45. The Kier molecular flexibility index (Phi) is 9.63. The van der Waals surface area contributed by atoms with Gasteiger partial charge in [0, 0.05) is 75.0 Å². The Labute approximate surface area is 291 Å². The summed E-state index contributed by atoms with van der Waals surface area (Å²) in [4.78, 5) is 54.6. The third-order valence-electron chi connectivity index (χ3n) is 10.2. The largest absolute Gasteiger partial charge is 0.351 e. The fourth-order valence-corrected chi connectivity index (χ4v) is 7.78. The van der Waals surface area contributed by atoms with Crippen molar-refractivity contribution < 1.29 is 14.4 Å². The van der Waals surface area contributed by atoms with Gasteiger partial charge in [0.15, 0.2) is 0 Å². The van der Waals surface area contributed by atoms with E-state index in [-0.39, 0.29) is 30.3 Å².